The Bertz CT molecular complexity index is 689. The maximum absolute atomic E-state index is 12.9. The van der Waals surface area contributed by atoms with Crippen molar-refractivity contribution in [3.63, 3.8) is 0 Å². The molecule has 1 saturated heterocycles. The lowest BCUT2D eigenvalue weighted by Gasteiger charge is -2.32. The number of halogens is 1. The number of anilines is 1. The lowest BCUT2D eigenvalue weighted by atomic mass is 9.99. The summed E-state index contributed by atoms with van der Waals surface area (Å²) in [4.78, 5) is 18.7. The van der Waals surface area contributed by atoms with Crippen LogP contribution in [0.1, 0.15) is 23.3 Å². The third-order valence-corrected chi connectivity index (χ3v) is 4.90. The third-order valence-electron chi connectivity index (χ3n) is 4.04. The number of piperidine rings is 1. The predicted octanol–water partition coefficient (Wildman–Crippen LogP) is 3.26. The van der Waals surface area contributed by atoms with Gasteiger partial charge in [0, 0.05) is 31.4 Å². The van der Waals surface area contributed by atoms with Crippen LogP contribution in [-0.4, -0.2) is 42.5 Å². The number of amides is 1. The zero-order valence-electron chi connectivity index (χ0n) is 13.5. The number of ether oxygens (including phenoxy) is 1. The minimum absolute atomic E-state index is 0.0285. The van der Waals surface area contributed by atoms with Gasteiger partial charge in [-0.05, 0) is 37.1 Å². The van der Waals surface area contributed by atoms with Gasteiger partial charge in [-0.25, -0.2) is 9.37 Å². The molecule has 0 bridgehead atoms. The third kappa shape index (κ3) is 4.03. The molecule has 2 aromatic rings. The Morgan fingerprint density at radius 2 is 2.25 bits per heavy atom. The maximum atomic E-state index is 12.9. The standard InChI is InChI=1S/C17H20FN3O2S/c1-19-17-20-15(11-24-17)16(22)21-8-2-3-12(9-21)10-23-14-6-4-13(18)5-7-14/h4-7,11-12H,2-3,8-10H2,1H3,(H,19,20). The van der Waals surface area contributed by atoms with Crippen molar-refractivity contribution < 1.29 is 13.9 Å². The first-order valence-corrected chi connectivity index (χ1v) is 8.84. The maximum Gasteiger partial charge on any atom is 0.273 e. The summed E-state index contributed by atoms with van der Waals surface area (Å²) in [5.41, 5.74) is 0.490. The van der Waals surface area contributed by atoms with Crippen molar-refractivity contribution in [1.29, 1.82) is 0 Å². The topological polar surface area (TPSA) is 54.5 Å². The number of rotatable bonds is 5. The molecule has 1 aromatic carbocycles. The van der Waals surface area contributed by atoms with E-state index in [1.54, 1.807) is 24.6 Å². The van der Waals surface area contributed by atoms with E-state index in [9.17, 15) is 9.18 Å². The summed E-state index contributed by atoms with van der Waals surface area (Å²) in [6, 6.07) is 6.01. The molecule has 1 aliphatic heterocycles. The lowest BCUT2D eigenvalue weighted by molar-refractivity contribution is 0.0628. The summed E-state index contributed by atoms with van der Waals surface area (Å²) in [5.74, 6) is 0.619. The second-order valence-corrected chi connectivity index (χ2v) is 6.67. The quantitative estimate of drug-likeness (QED) is 0.900. The predicted molar refractivity (Wildman–Crippen MR) is 92.2 cm³/mol. The Hall–Kier alpha value is -2.15. The van der Waals surface area contributed by atoms with Crippen LogP contribution in [0, 0.1) is 11.7 Å². The lowest BCUT2D eigenvalue weighted by Crippen LogP contribution is -2.41. The molecular weight excluding hydrogens is 329 g/mol. The molecule has 7 heteroatoms. The smallest absolute Gasteiger partial charge is 0.273 e. The van der Waals surface area contributed by atoms with Crippen molar-refractivity contribution in [2.45, 2.75) is 12.8 Å². The van der Waals surface area contributed by atoms with E-state index in [1.165, 1.54) is 23.5 Å². The van der Waals surface area contributed by atoms with E-state index in [2.05, 4.69) is 10.3 Å². The van der Waals surface area contributed by atoms with E-state index < -0.39 is 0 Å². The molecule has 3 rings (SSSR count). The molecule has 128 valence electrons. The summed E-state index contributed by atoms with van der Waals surface area (Å²) in [6.45, 7) is 1.93. The molecule has 1 unspecified atom stereocenters. The van der Waals surface area contributed by atoms with E-state index in [-0.39, 0.29) is 17.6 Å². The number of nitrogens with zero attached hydrogens (tertiary/aromatic N) is 2. The van der Waals surface area contributed by atoms with Gasteiger partial charge < -0.3 is 15.0 Å². The van der Waals surface area contributed by atoms with Crippen LogP contribution in [0.2, 0.25) is 0 Å². The Morgan fingerprint density at radius 3 is 2.96 bits per heavy atom. The van der Waals surface area contributed by atoms with Gasteiger partial charge in [0.2, 0.25) is 0 Å². The van der Waals surface area contributed by atoms with Crippen LogP contribution in [0.3, 0.4) is 0 Å². The number of benzene rings is 1. The van der Waals surface area contributed by atoms with Crippen LogP contribution in [0.15, 0.2) is 29.6 Å². The first-order chi connectivity index (χ1) is 11.7. The number of hydrogen-bond donors (Lipinski definition) is 1. The van der Waals surface area contributed by atoms with Gasteiger partial charge in [0.25, 0.3) is 5.91 Å². The van der Waals surface area contributed by atoms with Gasteiger partial charge in [0.15, 0.2) is 5.13 Å². The van der Waals surface area contributed by atoms with Gasteiger partial charge >= 0.3 is 0 Å². The number of carbonyl (C=O) groups excluding carboxylic acids is 1. The highest BCUT2D eigenvalue weighted by Gasteiger charge is 2.26. The van der Waals surface area contributed by atoms with Crippen LogP contribution in [0.25, 0.3) is 0 Å². The molecule has 1 aromatic heterocycles. The van der Waals surface area contributed by atoms with E-state index in [4.69, 9.17) is 4.74 Å². The van der Waals surface area contributed by atoms with Crippen LogP contribution >= 0.6 is 11.3 Å². The zero-order valence-corrected chi connectivity index (χ0v) is 14.3. The minimum atomic E-state index is -0.277. The molecule has 1 aliphatic rings. The number of carbonyl (C=O) groups is 1. The van der Waals surface area contributed by atoms with E-state index in [0.717, 1.165) is 24.5 Å². The first-order valence-electron chi connectivity index (χ1n) is 7.96. The summed E-state index contributed by atoms with van der Waals surface area (Å²) < 4.78 is 18.6. The average Bonchev–Trinajstić information content (AvgIpc) is 3.10. The van der Waals surface area contributed by atoms with Crippen molar-refractivity contribution in [1.82, 2.24) is 9.88 Å². The van der Waals surface area contributed by atoms with Gasteiger partial charge in [0.05, 0.1) is 6.61 Å². The van der Waals surface area contributed by atoms with Crippen LogP contribution in [-0.2, 0) is 0 Å². The van der Waals surface area contributed by atoms with Crippen molar-refractivity contribution in [2.75, 3.05) is 32.1 Å². The number of likely N-dealkylation sites (tertiary alicyclic amines) is 1. The van der Waals surface area contributed by atoms with Gasteiger partial charge in [-0.3, -0.25) is 4.79 Å². The van der Waals surface area contributed by atoms with Crippen molar-refractivity contribution in [3.05, 3.63) is 41.2 Å². The fourth-order valence-electron chi connectivity index (χ4n) is 2.78. The van der Waals surface area contributed by atoms with Gasteiger partial charge in [-0.15, -0.1) is 11.3 Å². The number of aromatic nitrogens is 1. The Labute approximate surface area is 144 Å². The van der Waals surface area contributed by atoms with Gasteiger partial charge in [0.1, 0.15) is 17.3 Å². The second-order valence-electron chi connectivity index (χ2n) is 5.81. The molecule has 0 spiro atoms. The highest BCUT2D eigenvalue weighted by Crippen LogP contribution is 2.22. The van der Waals surface area contributed by atoms with Gasteiger partial charge in [-0.1, -0.05) is 0 Å². The average molecular weight is 349 g/mol. The molecule has 1 atom stereocenters. The number of nitrogens with one attached hydrogen (secondary N) is 1. The summed E-state index contributed by atoms with van der Waals surface area (Å²) in [5, 5.41) is 5.47. The van der Waals surface area contributed by atoms with Crippen molar-refractivity contribution in [2.24, 2.45) is 5.92 Å². The molecule has 0 aliphatic carbocycles. The normalized spacial score (nSPS) is 17.6. The SMILES string of the molecule is CNc1nc(C(=O)N2CCCC(COc3ccc(F)cc3)C2)cs1. The molecule has 5 nitrogen and oxygen atoms in total. The van der Waals surface area contributed by atoms with Crippen LogP contribution < -0.4 is 10.1 Å². The van der Waals surface area contributed by atoms with E-state index in [0.29, 0.717) is 24.6 Å². The van der Waals surface area contributed by atoms with Gasteiger partial charge in [-0.2, -0.15) is 0 Å². The number of thiazole rings is 1. The molecule has 1 fully saturated rings. The summed E-state index contributed by atoms with van der Waals surface area (Å²) in [6.07, 6.45) is 1.97. The largest absolute Gasteiger partial charge is 0.493 e. The van der Waals surface area contributed by atoms with E-state index >= 15 is 0 Å². The van der Waals surface area contributed by atoms with Crippen LogP contribution in [0.4, 0.5) is 9.52 Å². The molecule has 1 amide bonds. The molecule has 2 heterocycles. The fraction of sp³-hybridized carbons (Fsp3) is 0.412. The summed E-state index contributed by atoms with van der Waals surface area (Å²) in [7, 11) is 1.79. The van der Waals surface area contributed by atoms with Crippen molar-refractivity contribution >= 4 is 22.4 Å². The van der Waals surface area contributed by atoms with E-state index in [1.807, 2.05) is 4.90 Å². The highest BCUT2D eigenvalue weighted by atomic mass is 32.1. The monoisotopic (exact) mass is 349 g/mol. The highest BCUT2D eigenvalue weighted by molar-refractivity contribution is 7.13. The molecular formula is C17H20FN3O2S. The molecule has 24 heavy (non-hydrogen) atoms. The second kappa shape index (κ2) is 7.61. The Kier molecular flexibility index (Phi) is 5.30. The van der Waals surface area contributed by atoms with Crippen molar-refractivity contribution in [3.8, 4) is 5.75 Å². The first kappa shape index (κ1) is 16.7. The molecule has 0 radical (unpaired) electrons. The fourth-order valence-corrected chi connectivity index (χ4v) is 3.42. The van der Waals surface area contributed by atoms with Crippen LogP contribution in [0.5, 0.6) is 5.75 Å². The Morgan fingerprint density at radius 1 is 1.46 bits per heavy atom. The summed E-state index contributed by atoms with van der Waals surface area (Å²) >= 11 is 1.43. The minimum Gasteiger partial charge on any atom is -0.493 e. The molecule has 0 saturated carbocycles. The zero-order chi connectivity index (χ0) is 16.9. The molecule has 1 N–H and O–H groups in total. The Balaban J connectivity index is 1.55. The number of hydrogen-bond acceptors (Lipinski definition) is 5.